The van der Waals surface area contributed by atoms with Crippen LogP contribution < -0.4 is 10.2 Å². The molecule has 1 fully saturated rings. The van der Waals surface area contributed by atoms with E-state index in [4.69, 9.17) is 4.74 Å². The molecular weight excluding hydrogens is 248 g/mol. The number of anilines is 1. The monoisotopic (exact) mass is 266 g/mol. The molecule has 1 saturated heterocycles. The Morgan fingerprint density at radius 1 is 1.68 bits per heavy atom. The maximum atomic E-state index is 10.9. The van der Waals surface area contributed by atoms with Crippen molar-refractivity contribution in [3.05, 3.63) is 27.9 Å². The van der Waals surface area contributed by atoms with Crippen LogP contribution in [-0.4, -0.2) is 49.3 Å². The van der Waals surface area contributed by atoms with E-state index in [0.717, 1.165) is 6.54 Å². The molecule has 0 saturated carbocycles. The second kappa shape index (κ2) is 5.94. The van der Waals surface area contributed by atoms with Crippen LogP contribution >= 0.6 is 0 Å². The molecule has 19 heavy (non-hydrogen) atoms. The molecule has 2 rings (SSSR count). The Labute approximate surface area is 111 Å². The van der Waals surface area contributed by atoms with Gasteiger partial charge in [0.05, 0.1) is 23.7 Å². The maximum absolute atomic E-state index is 10.9. The van der Waals surface area contributed by atoms with Gasteiger partial charge in [-0.25, -0.2) is 4.98 Å². The van der Waals surface area contributed by atoms with Crippen molar-refractivity contribution in [2.24, 2.45) is 0 Å². The van der Waals surface area contributed by atoms with Crippen LogP contribution in [-0.2, 0) is 4.74 Å². The number of nitrogens with one attached hydrogen (secondary N) is 1. The summed E-state index contributed by atoms with van der Waals surface area (Å²) in [7, 11) is 1.87. The van der Waals surface area contributed by atoms with Gasteiger partial charge in [-0.15, -0.1) is 0 Å². The van der Waals surface area contributed by atoms with Crippen molar-refractivity contribution < 1.29 is 9.66 Å². The van der Waals surface area contributed by atoms with Crippen LogP contribution in [0, 0.1) is 17.0 Å². The predicted molar refractivity (Wildman–Crippen MR) is 71.5 cm³/mol. The molecule has 0 amide bonds. The number of nitrogens with zero attached hydrogens (tertiary/aromatic N) is 3. The Bertz CT molecular complexity index is 464. The van der Waals surface area contributed by atoms with Gasteiger partial charge in [0.15, 0.2) is 0 Å². The standard InChI is InChI=1S/C12H18N4O3/c1-9-6-14-12(5-11(9)16(17)18)15-3-4-19-10(8-15)7-13-2/h5-6,10,13H,3-4,7-8H2,1-2H3. The molecule has 2 heterocycles. The molecule has 7 heteroatoms. The summed E-state index contributed by atoms with van der Waals surface area (Å²) in [5, 5.41) is 14.0. The molecule has 0 spiro atoms. The maximum Gasteiger partial charge on any atom is 0.277 e. The molecule has 1 aliphatic heterocycles. The van der Waals surface area contributed by atoms with Crippen LogP contribution in [0.3, 0.4) is 0 Å². The average Bonchev–Trinajstić information content (AvgIpc) is 2.39. The van der Waals surface area contributed by atoms with E-state index in [9.17, 15) is 10.1 Å². The van der Waals surface area contributed by atoms with Crippen LogP contribution in [0.4, 0.5) is 11.5 Å². The number of rotatable bonds is 4. The van der Waals surface area contributed by atoms with Gasteiger partial charge in [0.1, 0.15) is 5.82 Å². The van der Waals surface area contributed by atoms with Crippen molar-refractivity contribution in [3.63, 3.8) is 0 Å². The fraction of sp³-hybridized carbons (Fsp3) is 0.583. The van der Waals surface area contributed by atoms with Gasteiger partial charge in [-0.1, -0.05) is 0 Å². The molecule has 7 nitrogen and oxygen atoms in total. The van der Waals surface area contributed by atoms with Gasteiger partial charge >= 0.3 is 0 Å². The van der Waals surface area contributed by atoms with Crippen LogP contribution in [0.15, 0.2) is 12.3 Å². The normalized spacial score (nSPS) is 19.5. The number of likely N-dealkylation sites (N-methyl/N-ethyl adjacent to an activating group) is 1. The lowest BCUT2D eigenvalue weighted by molar-refractivity contribution is -0.385. The molecule has 104 valence electrons. The molecule has 1 N–H and O–H groups in total. The summed E-state index contributed by atoms with van der Waals surface area (Å²) in [4.78, 5) is 16.9. The highest BCUT2D eigenvalue weighted by Gasteiger charge is 2.23. The first-order valence-electron chi connectivity index (χ1n) is 6.24. The summed E-state index contributed by atoms with van der Waals surface area (Å²) < 4.78 is 5.61. The van der Waals surface area contributed by atoms with E-state index in [1.807, 2.05) is 11.9 Å². The summed E-state index contributed by atoms with van der Waals surface area (Å²) in [5.41, 5.74) is 0.690. The highest BCUT2D eigenvalue weighted by molar-refractivity contribution is 5.50. The minimum Gasteiger partial charge on any atom is -0.373 e. The lowest BCUT2D eigenvalue weighted by atomic mass is 10.2. The fourth-order valence-electron chi connectivity index (χ4n) is 2.15. The number of hydrogen-bond acceptors (Lipinski definition) is 6. The molecule has 0 aliphatic carbocycles. The van der Waals surface area contributed by atoms with Crippen molar-refractivity contribution in [3.8, 4) is 0 Å². The van der Waals surface area contributed by atoms with Crippen LogP contribution in [0.5, 0.6) is 0 Å². The highest BCUT2D eigenvalue weighted by atomic mass is 16.6. The lowest BCUT2D eigenvalue weighted by Crippen LogP contribution is -2.46. The number of nitro groups is 1. The second-order valence-electron chi connectivity index (χ2n) is 4.58. The van der Waals surface area contributed by atoms with Crippen LogP contribution in [0.25, 0.3) is 0 Å². The van der Waals surface area contributed by atoms with E-state index in [0.29, 0.717) is 31.1 Å². The number of aromatic nitrogens is 1. The number of pyridine rings is 1. The summed E-state index contributed by atoms with van der Waals surface area (Å²) in [6, 6.07) is 1.54. The number of hydrogen-bond donors (Lipinski definition) is 1. The molecule has 1 aromatic heterocycles. The largest absolute Gasteiger partial charge is 0.373 e. The third-order valence-electron chi connectivity index (χ3n) is 3.15. The van der Waals surface area contributed by atoms with E-state index < -0.39 is 0 Å². The van der Waals surface area contributed by atoms with Gasteiger partial charge < -0.3 is 15.0 Å². The van der Waals surface area contributed by atoms with E-state index in [1.54, 1.807) is 13.1 Å². The Morgan fingerprint density at radius 3 is 3.16 bits per heavy atom. The fourth-order valence-corrected chi connectivity index (χ4v) is 2.15. The minimum atomic E-state index is -0.369. The van der Waals surface area contributed by atoms with E-state index in [1.165, 1.54) is 6.07 Å². The van der Waals surface area contributed by atoms with Crippen molar-refractivity contribution in [2.45, 2.75) is 13.0 Å². The Balaban J connectivity index is 2.17. The van der Waals surface area contributed by atoms with Gasteiger partial charge in [0.25, 0.3) is 5.69 Å². The molecule has 1 atom stereocenters. The molecule has 1 aromatic rings. The third-order valence-corrected chi connectivity index (χ3v) is 3.15. The summed E-state index contributed by atoms with van der Waals surface area (Å²) in [6.45, 7) is 4.44. The zero-order valence-electron chi connectivity index (χ0n) is 11.1. The molecule has 1 unspecified atom stereocenters. The number of morpholine rings is 1. The average molecular weight is 266 g/mol. The van der Waals surface area contributed by atoms with Gasteiger partial charge in [-0.05, 0) is 14.0 Å². The minimum absolute atomic E-state index is 0.0842. The summed E-state index contributed by atoms with van der Waals surface area (Å²) in [5.74, 6) is 0.640. The Morgan fingerprint density at radius 2 is 2.47 bits per heavy atom. The first kappa shape index (κ1) is 13.7. The van der Waals surface area contributed by atoms with Gasteiger partial charge in [-0.3, -0.25) is 10.1 Å². The van der Waals surface area contributed by atoms with Gasteiger partial charge in [0.2, 0.25) is 0 Å². The van der Waals surface area contributed by atoms with Gasteiger partial charge in [-0.2, -0.15) is 0 Å². The molecule has 0 radical (unpaired) electrons. The predicted octanol–water partition coefficient (Wildman–Crippen LogP) is 0.723. The first-order chi connectivity index (χ1) is 9.11. The molecular formula is C12H18N4O3. The van der Waals surface area contributed by atoms with Crippen molar-refractivity contribution in [2.75, 3.05) is 38.2 Å². The lowest BCUT2D eigenvalue weighted by Gasteiger charge is -2.33. The van der Waals surface area contributed by atoms with Gasteiger partial charge in [0, 0.05) is 31.4 Å². The Hall–Kier alpha value is -1.73. The highest BCUT2D eigenvalue weighted by Crippen LogP contribution is 2.23. The zero-order chi connectivity index (χ0) is 13.8. The van der Waals surface area contributed by atoms with Crippen molar-refractivity contribution in [1.82, 2.24) is 10.3 Å². The third kappa shape index (κ3) is 3.18. The number of ether oxygens (including phenoxy) is 1. The zero-order valence-corrected chi connectivity index (χ0v) is 11.1. The molecule has 1 aliphatic rings. The smallest absolute Gasteiger partial charge is 0.277 e. The molecule has 0 bridgehead atoms. The van der Waals surface area contributed by atoms with E-state index in [2.05, 4.69) is 10.3 Å². The van der Waals surface area contributed by atoms with E-state index >= 15 is 0 Å². The van der Waals surface area contributed by atoms with Crippen molar-refractivity contribution in [1.29, 1.82) is 0 Å². The summed E-state index contributed by atoms with van der Waals surface area (Å²) in [6.07, 6.45) is 1.64. The number of aryl methyl sites for hydroxylation is 1. The quantitative estimate of drug-likeness (QED) is 0.639. The molecule has 0 aromatic carbocycles. The Kier molecular flexibility index (Phi) is 4.28. The first-order valence-corrected chi connectivity index (χ1v) is 6.24. The van der Waals surface area contributed by atoms with Crippen LogP contribution in [0.2, 0.25) is 0 Å². The topological polar surface area (TPSA) is 80.5 Å². The second-order valence-corrected chi connectivity index (χ2v) is 4.58. The van der Waals surface area contributed by atoms with Crippen LogP contribution in [0.1, 0.15) is 5.56 Å². The summed E-state index contributed by atoms with van der Waals surface area (Å²) >= 11 is 0. The SMILES string of the molecule is CNCC1CN(c2cc([N+](=O)[O-])c(C)cn2)CCO1. The van der Waals surface area contributed by atoms with Crippen molar-refractivity contribution >= 4 is 11.5 Å². The van der Waals surface area contributed by atoms with E-state index in [-0.39, 0.29) is 16.7 Å².